The van der Waals surface area contributed by atoms with E-state index in [1.807, 2.05) is 31.3 Å². The molecule has 0 saturated heterocycles. The summed E-state index contributed by atoms with van der Waals surface area (Å²) in [6.07, 6.45) is -3.37. The van der Waals surface area contributed by atoms with Crippen molar-refractivity contribution >= 4 is 11.8 Å². The molecule has 8 heteroatoms. The number of rotatable bonds is 7. The number of nitrogens with zero attached hydrogens (tertiary/aromatic N) is 3. The minimum Gasteiger partial charge on any atom is -0.486 e. The van der Waals surface area contributed by atoms with Crippen LogP contribution in [0.4, 0.5) is 13.2 Å². The Hall–Kier alpha value is -2.48. The Morgan fingerprint density at radius 2 is 1.79 bits per heavy atom. The van der Waals surface area contributed by atoms with Gasteiger partial charge in [-0.3, -0.25) is 0 Å². The maximum Gasteiger partial charge on any atom is 0.416 e. The van der Waals surface area contributed by atoms with Crippen molar-refractivity contribution in [2.24, 2.45) is 7.05 Å². The lowest BCUT2D eigenvalue weighted by Crippen LogP contribution is -2.05. The van der Waals surface area contributed by atoms with Crippen LogP contribution in [-0.2, 0) is 32.0 Å². The van der Waals surface area contributed by atoms with E-state index in [0.29, 0.717) is 22.3 Å². The van der Waals surface area contributed by atoms with Crippen molar-refractivity contribution in [2.75, 3.05) is 0 Å². The normalized spacial score (nSPS) is 11.6. The van der Waals surface area contributed by atoms with Crippen LogP contribution in [0.1, 0.15) is 29.4 Å². The highest BCUT2D eigenvalue weighted by Gasteiger charge is 2.30. The Balaban J connectivity index is 1.60. The highest BCUT2D eigenvalue weighted by molar-refractivity contribution is 7.98. The van der Waals surface area contributed by atoms with Crippen LogP contribution in [0.25, 0.3) is 0 Å². The molecule has 0 aliphatic rings. The SMILES string of the molecule is CCc1ccc(OCc2nnc(SCc3cccc(C(F)(F)F)c3)n2C)cc1. The molecular formula is C20H20F3N3OS. The lowest BCUT2D eigenvalue weighted by atomic mass is 10.1. The number of hydrogen-bond donors (Lipinski definition) is 0. The quantitative estimate of drug-likeness (QED) is 0.501. The zero-order valence-electron chi connectivity index (χ0n) is 15.5. The fraction of sp³-hybridized carbons (Fsp3) is 0.300. The second-order valence-corrected chi connectivity index (χ2v) is 7.17. The summed E-state index contributed by atoms with van der Waals surface area (Å²) in [6, 6.07) is 13.2. The van der Waals surface area contributed by atoms with Gasteiger partial charge in [-0.2, -0.15) is 13.2 Å². The molecule has 0 aliphatic carbocycles. The molecule has 0 aliphatic heterocycles. The van der Waals surface area contributed by atoms with Gasteiger partial charge in [0.1, 0.15) is 12.4 Å². The van der Waals surface area contributed by atoms with Crippen molar-refractivity contribution in [1.82, 2.24) is 14.8 Å². The second-order valence-electron chi connectivity index (χ2n) is 6.23. The van der Waals surface area contributed by atoms with Crippen LogP contribution < -0.4 is 4.74 Å². The highest BCUT2D eigenvalue weighted by Crippen LogP contribution is 2.31. The summed E-state index contributed by atoms with van der Waals surface area (Å²) in [6.45, 7) is 2.35. The molecule has 0 unspecified atom stereocenters. The van der Waals surface area contributed by atoms with Gasteiger partial charge < -0.3 is 9.30 Å². The molecular weight excluding hydrogens is 387 g/mol. The minimum atomic E-state index is -4.34. The van der Waals surface area contributed by atoms with E-state index in [0.717, 1.165) is 24.3 Å². The minimum absolute atomic E-state index is 0.263. The average Bonchev–Trinajstić information content (AvgIpc) is 3.04. The van der Waals surface area contributed by atoms with Crippen LogP contribution in [0.2, 0.25) is 0 Å². The molecule has 0 radical (unpaired) electrons. The van der Waals surface area contributed by atoms with Gasteiger partial charge in [-0.25, -0.2) is 0 Å². The van der Waals surface area contributed by atoms with E-state index in [-0.39, 0.29) is 6.61 Å². The van der Waals surface area contributed by atoms with E-state index in [9.17, 15) is 13.2 Å². The van der Waals surface area contributed by atoms with E-state index in [1.54, 1.807) is 10.6 Å². The number of aromatic nitrogens is 3. The van der Waals surface area contributed by atoms with E-state index >= 15 is 0 Å². The molecule has 0 atom stereocenters. The first-order chi connectivity index (χ1) is 13.4. The number of thioether (sulfide) groups is 1. The summed E-state index contributed by atoms with van der Waals surface area (Å²) in [5.74, 6) is 1.76. The summed E-state index contributed by atoms with van der Waals surface area (Å²) >= 11 is 1.33. The van der Waals surface area contributed by atoms with Crippen LogP contribution in [-0.4, -0.2) is 14.8 Å². The van der Waals surface area contributed by atoms with Crippen LogP contribution in [0.15, 0.2) is 53.7 Å². The maximum absolute atomic E-state index is 12.8. The van der Waals surface area contributed by atoms with Gasteiger partial charge in [0, 0.05) is 12.8 Å². The number of aryl methyl sites for hydroxylation is 1. The van der Waals surface area contributed by atoms with Gasteiger partial charge >= 0.3 is 6.18 Å². The molecule has 2 aromatic carbocycles. The first-order valence-electron chi connectivity index (χ1n) is 8.75. The molecule has 148 valence electrons. The van der Waals surface area contributed by atoms with Crippen molar-refractivity contribution in [3.8, 4) is 5.75 Å². The third-order valence-corrected chi connectivity index (χ3v) is 5.34. The fourth-order valence-corrected chi connectivity index (χ4v) is 3.42. The van der Waals surface area contributed by atoms with E-state index in [2.05, 4.69) is 17.1 Å². The number of ether oxygens (including phenoxy) is 1. The van der Waals surface area contributed by atoms with Gasteiger partial charge in [0.15, 0.2) is 11.0 Å². The molecule has 28 heavy (non-hydrogen) atoms. The van der Waals surface area contributed by atoms with E-state index in [1.165, 1.54) is 23.4 Å². The number of benzene rings is 2. The van der Waals surface area contributed by atoms with Crippen LogP contribution in [0, 0.1) is 0 Å². The van der Waals surface area contributed by atoms with Crippen LogP contribution >= 0.6 is 11.8 Å². The zero-order chi connectivity index (χ0) is 20.1. The first kappa shape index (κ1) is 20.3. The molecule has 3 aromatic rings. The average molecular weight is 407 g/mol. The number of halogens is 3. The van der Waals surface area contributed by atoms with Crippen molar-refractivity contribution in [3.05, 3.63) is 71.0 Å². The van der Waals surface area contributed by atoms with E-state index in [4.69, 9.17) is 4.74 Å². The van der Waals surface area contributed by atoms with Gasteiger partial charge in [0.05, 0.1) is 5.56 Å². The van der Waals surface area contributed by atoms with Gasteiger partial charge in [-0.1, -0.05) is 49.0 Å². The Bertz CT molecular complexity index is 923. The Morgan fingerprint density at radius 1 is 1.04 bits per heavy atom. The fourth-order valence-electron chi connectivity index (χ4n) is 2.55. The molecule has 0 spiro atoms. The number of alkyl halides is 3. The molecule has 0 amide bonds. The summed E-state index contributed by atoms with van der Waals surface area (Å²) in [5, 5.41) is 8.86. The highest BCUT2D eigenvalue weighted by atomic mass is 32.2. The third kappa shape index (κ3) is 5.07. The monoisotopic (exact) mass is 407 g/mol. The van der Waals surface area contributed by atoms with Gasteiger partial charge in [0.2, 0.25) is 0 Å². The first-order valence-corrected chi connectivity index (χ1v) is 9.74. The largest absolute Gasteiger partial charge is 0.486 e. The molecule has 0 fully saturated rings. The lowest BCUT2D eigenvalue weighted by molar-refractivity contribution is -0.137. The molecule has 4 nitrogen and oxygen atoms in total. The van der Waals surface area contributed by atoms with Crippen molar-refractivity contribution in [3.63, 3.8) is 0 Å². The Labute approximate surface area is 165 Å². The summed E-state index contributed by atoms with van der Waals surface area (Å²) < 4.78 is 46.0. The molecule has 1 aromatic heterocycles. The van der Waals surface area contributed by atoms with Crippen molar-refractivity contribution < 1.29 is 17.9 Å². The Kier molecular flexibility index (Phi) is 6.28. The zero-order valence-corrected chi connectivity index (χ0v) is 16.3. The topological polar surface area (TPSA) is 39.9 Å². The molecule has 3 rings (SSSR count). The molecule has 1 heterocycles. The molecule has 0 N–H and O–H groups in total. The smallest absolute Gasteiger partial charge is 0.416 e. The van der Waals surface area contributed by atoms with Crippen LogP contribution in [0.3, 0.4) is 0 Å². The summed E-state index contributed by atoms with van der Waals surface area (Å²) in [4.78, 5) is 0. The lowest BCUT2D eigenvalue weighted by Gasteiger charge is -2.09. The third-order valence-electron chi connectivity index (χ3n) is 4.25. The predicted molar refractivity (Wildman–Crippen MR) is 102 cm³/mol. The number of hydrogen-bond acceptors (Lipinski definition) is 4. The summed E-state index contributed by atoms with van der Waals surface area (Å²) in [5.41, 5.74) is 1.17. The Morgan fingerprint density at radius 3 is 2.46 bits per heavy atom. The van der Waals surface area contributed by atoms with Crippen LogP contribution in [0.5, 0.6) is 5.75 Å². The summed E-state index contributed by atoms with van der Waals surface area (Å²) in [7, 11) is 1.81. The molecule has 0 bridgehead atoms. The van der Waals surface area contributed by atoms with Gasteiger partial charge in [0.25, 0.3) is 0 Å². The van der Waals surface area contributed by atoms with Crippen molar-refractivity contribution in [2.45, 2.75) is 37.0 Å². The predicted octanol–water partition coefficient (Wildman–Crippen LogP) is 5.27. The van der Waals surface area contributed by atoms with E-state index < -0.39 is 11.7 Å². The van der Waals surface area contributed by atoms with Gasteiger partial charge in [-0.05, 0) is 35.7 Å². The maximum atomic E-state index is 12.8. The molecule has 0 saturated carbocycles. The second kappa shape index (κ2) is 8.68. The van der Waals surface area contributed by atoms with Crippen molar-refractivity contribution in [1.29, 1.82) is 0 Å². The van der Waals surface area contributed by atoms with Gasteiger partial charge in [-0.15, -0.1) is 10.2 Å². The standard InChI is InChI=1S/C20H20F3N3OS/c1-3-14-7-9-17(10-8-14)27-12-18-24-25-19(26(18)2)28-13-15-5-4-6-16(11-15)20(21,22)23/h4-11H,3,12-13H2,1-2H3.